The van der Waals surface area contributed by atoms with Crippen LogP contribution < -0.4 is 11.1 Å². The van der Waals surface area contributed by atoms with Gasteiger partial charge >= 0.3 is 0 Å². The molecule has 1 aromatic carbocycles. The van der Waals surface area contributed by atoms with Crippen LogP contribution >= 0.6 is 0 Å². The Labute approximate surface area is 105 Å². The summed E-state index contributed by atoms with van der Waals surface area (Å²) in [7, 11) is 0. The summed E-state index contributed by atoms with van der Waals surface area (Å²) in [6.07, 6.45) is 0.749. The number of aryl methyl sites for hydroxylation is 1. The van der Waals surface area contributed by atoms with Crippen molar-refractivity contribution >= 4 is 5.91 Å². The van der Waals surface area contributed by atoms with Gasteiger partial charge in [-0.05, 0) is 37.4 Å². The van der Waals surface area contributed by atoms with E-state index in [0.717, 1.165) is 12.5 Å². The third-order valence-electron chi connectivity index (χ3n) is 2.78. The Morgan fingerprint density at radius 2 is 2.11 bits per heavy atom. The van der Waals surface area contributed by atoms with Gasteiger partial charge in [-0.15, -0.1) is 0 Å². The number of carbonyl (C=O) groups is 1. The molecule has 1 unspecified atom stereocenters. The van der Waals surface area contributed by atoms with Crippen molar-refractivity contribution in [1.82, 2.24) is 5.32 Å². The Morgan fingerprint density at radius 3 is 2.72 bits per heavy atom. The Bertz CT molecular complexity index is 435. The highest BCUT2D eigenvalue weighted by Crippen LogP contribution is 2.16. The third kappa shape index (κ3) is 3.50. The number of nitrogens with two attached hydrogens (primary N) is 1. The Hall–Kier alpha value is -1.49. The molecule has 0 aliphatic heterocycles. The summed E-state index contributed by atoms with van der Waals surface area (Å²) in [5.41, 5.74) is 5.11. The molecule has 3 N–H and O–H groups in total. The van der Waals surface area contributed by atoms with Crippen LogP contribution in [0, 0.1) is 24.5 Å². The normalized spacial score (nSPS) is 12.3. The number of halogens is 2. The van der Waals surface area contributed by atoms with Crippen LogP contribution in [0.25, 0.3) is 0 Å². The van der Waals surface area contributed by atoms with Crippen molar-refractivity contribution in [1.29, 1.82) is 0 Å². The summed E-state index contributed by atoms with van der Waals surface area (Å²) in [6, 6.07) is 2.40. The van der Waals surface area contributed by atoms with Crippen LogP contribution in [0.15, 0.2) is 12.1 Å². The van der Waals surface area contributed by atoms with Gasteiger partial charge in [0, 0.05) is 6.54 Å². The third-order valence-corrected chi connectivity index (χ3v) is 2.78. The average molecular weight is 256 g/mol. The molecule has 5 heteroatoms. The molecule has 1 aromatic rings. The molecule has 0 aliphatic rings. The fourth-order valence-electron chi connectivity index (χ4n) is 1.61. The monoisotopic (exact) mass is 256 g/mol. The second-order valence-electron chi connectivity index (χ2n) is 4.45. The zero-order valence-corrected chi connectivity index (χ0v) is 10.6. The van der Waals surface area contributed by atoms with Gasteiger partial charge in [-0.1, -0.05) is 13.0 Å². The lowest BCUT2D eigenvalue weighted by molar-refractivity contribution is 0.0939. The number of hydrogen-bond donors (Lipinski definition) is 2. The molecule has 0 heterocycles. The van der Waals surface area contributed by atoms with E-state index in [1.807, 2.05) is 6.92 Å². The van der Waals surface area contributed by atoms with Gasteiger partial charge in [-0.25, -0.2) is 8.78 Å². The van der Waals surface area contributed by atoms with Gasteiger partial charge in [0.2, 0.25) is 0 Å². The van der Waals surface area contributed by atoms with Crippen molar-refractivity contribution in [3.8, 4) is 0 Å². The molecule has 0 aliphatic carbocycles. The molecule has 0 fully saturated rings. The van der Waals surface area contributed by atoms with Gasteiger partial charge in [0.1, 0.15) is 17.2 Å². The maximum absolute atomic E-state index is 13.7. The summed E-state index contributed by atoms with van der Waals surface area (Å²) in [6.45, 7) is 4.27. The van der Waals surface area contributed by atoms with Crippen LogP contribution in [0.5, 0.6) is 0 Å². The molecular formula is C13H18F2N2O. The van der Waals surface area contributed by atoms with Crippen molar-refractivity contribution in [2.24, 2.45) is 11.7 Å². The minimum atomic E-state index is -0.845. The van der Waals surface area contributed by atoms with E-state index in [4.69, 9.17) is 5.73 Å². The van der Waals surface area contributed by atoms with Crippen molar-refractivity contribution < 1.29 is 13.6 Å². The molecule has 0 saturated heterocycles. The lowest BCUT2D eigenvalue weighted by atomic mass is 10.1. The first-order valence-electron chi connectivity index (χ1n) is 5.90. The van der Waals surface area contributed by atoms with Gasteiger partial charge in [0.05, 0.1) is 0 Å². The zero-order chi connectivity index (χ0) is 13.7. The highest BCUT2D eigenvalue weighted by molar-refractivity contribution is 5.94. The number of amides is 1. The first-order chi connectivity index (χ1) is 8.47. The van der Waals surface area contributed by atoms with E-state index in [1.54, 1.807) is 0 Å². The summed E-state index contributed by atoms with van der Waals surface area (Å²) in [5, 5.41) is 2.52. The molecule has 100 valence electrons. The van der Waals surface area contributed by atoms with E-state index < -0.39 is 23.1 Å². The molecule has 1 atom stereocenters. The highest BCUT2D eigenvalue weighted by atomic mass is 19.1. The first-order valence-corrected chi connectivity index (χ1v) is 5.90. The summed E-state index contributed by atoms with van der Waals surface area (Å²) in [4.78, 5) is 11.7. The van der Waals surface area contributed by atoms with Gasteiger partial charge in [0.25, 0.3) is 5.91 Å². The zero-order valence-electron chi connectivity index (χ0n) is 10.6. The lowest BCUT2D eigenvalue weighted by Crippen LogP contribution is -2.30. The van der Waals surface area contributed by atoms with Crippen molar-refractivity contribution in [3.63, 3.8) is 0 Å². The van der Waals surface area contributed by atoms with E-state index in [1.165, 1.54) is 13.0 Å². The van der Waals surface area contributed by atoms with E-state index in [9.17, 15) is 13.6 Å². The molecule has 18 heavy (non-hydrogen) atoms. The topological polar surface area (TPSA) is 55.1 Å². The van der Waals surface area contributed by atoms with E-state index in [-0.39, 0.29) is 11.5 Å². The van der Waals surface area contributed by atoms with E-state index in [0.29, 0.717) is 13.1 Å². The van der Waals surface area contributed by atoms with Crippen molar-refractivity contribution in [2.75, 3.05) is 13.1 Å². The van der Waals surface area contributed by atoms with Gasteiger partial charge in [-0.3, -0.25) is 4.79 Å². The maximum atomic E-state index is 13.7. The van der Waals surface area contributed by atoms with Gasteiger partial charge < -0.3 is 11.1 Å². The van der Waals surface area contributed by atoms with Crippen molar-refractivity contribution in [3.05, 3.63) is 34.9 Å². The molecule has 0 bridgehead atoms. The molecule has 1 rings (SSSR count). The molecule has 0 spiro atoms. The Kier molecular flexibility index (Phi) is 5.22. The SMILES string of the molecule is Cc1ccc(F)c(C(=O)NCC(C)CCN)c1F. The van der Waals surface area contributed by atoms with Crippen molar-refractivity contribution in [2.45, 2.75) is 20.3 Å². The van der Waals surface area contributed by atoms with E-state index >= 15 is 0 Å². The highest BCUT2D eigenvalue weighted by Gasteiger charge is 2.19. The summed E-state index contributed by atoms with van der Waals surface area (Å²) in [5.74, 6) is -2.20. The number of nitrogens with one attached hydrogen (secondary N) is 1. The lowest BCUT2D eigenvalue weighted by Gasteiger charge is -2.12. The molecule has 0 radical (unpaired) electrons. The first kappa shape index (κ1) is 14.6. The standard InChI is InChI=1S/C13H18F2N2O/c1-8(5-6-16)7-17-13(18)11-10(14)4-3-9(2)12(11)15/h3-4,8H,5-7,16H2,1-2H3,(H,17,18). The van der Waals surface area contributed by atoms with Gasteiger partial charge in [0.15, 0.2) is 0 Å². The van der Waals surface area contributed by atoms with Crippen LogP contribution in [0.3, 0.4) is 0 Å². The smallest absolute Gasteiger partial charge is 0.257 e. The second kappa shape index (κ2) is 6.44. The largest absolute Gasteiger partial charge is 0.352 e. The number of carbonyl (C=O) groups excluding carboxylic acids is 1. The average Bonchev–Trinajstić information content (AvgIpc) is 2.32. The minimum absolute atomic E-state index is 0.176. The summed E-state index contributed by atoms with van der Waals surface area (Å²) < 4.78 is 27.1. The predicted molar refractivity (Wildman–Crippen MR) is 66.3 cm³/mol. The van der Waals surface area contributed by atoms with Crippen LogP contribution in [-0.2, 0) is 0 Å². The van der Waals surface area contributed by atoms with E-state index in [2.05, 4.69) is 5.32 Å². The number of hydrogen-bond acceptors (Lipinski definition) is 2. The van der Waals surface area contributed by atoms with Gasteiger partial charge in [-0.2, -0.15) is 0 Å². The fourth-order valence-corrected chi connectivity index (χ4v) is 1.61. The maximum Gasteiger partial charge on any atom is 0.257 e. The predicted octanol–water partition coefficient (Wildman–Crippen LogP) is 1.99. The second-order valence-corrected chi connectivity index (χ2v) is 4.45. The van der Waals surface area contributed by atoms with Crippen LogP contribution in [0.4, 0.5) is 8.78 Å². The molecule has 1 amide bonds. The molecule has 3 nitrogen and oxygen atoms in total. The fraction of sp³-hybridized carbons (Fsp3) is 0.462. The van der Waals surface area contributed by atoms with Crippen LogP contribution in [0.2, 0.25) is 0 Å². The number of rotatable bonds is 5. The Balaban J connectivity index is 2.76. The molecule has 0 aromatic heterocycles. The minimum Gasteiger partial charge on any atom is -0.352 e. The van der Waals surface area contributed by atoms with Crippen LogP contribution in [0.1, 0.15) is 29.3 Å². The summed E-state index contributed by atoms with van der Waals surface area (Å²) >= 11 is 0. The quantitative estimate of drug-likeness (QED) is 0.846. The Morgan fingerprint density at radius 1 is 1.44 bits per heavy atom. The molecular weight excluding hydrogens is 238 g/mol. The molecule has 0 saturated carbocycles. The van der Waals surface area contributed by atoms with Crippen LogP contribution in [-0.4, -0.2) is 19.0 Å². The number of benzene rings is 1.